The molecule has 0 aliphatic carbocycles. The number of hydrogen-bond acceptors (Lipinski definition) is 4. The highest BCUT2D eigenvalue weighted by atomic mass is 32.9. The number of thiocarbonyl (C=S) groups is 2. The summed E-state index contributed by atoms with van der Waals surface area (Å²) in [6.45, 7) is 17.1. The van der Waals surface area contributed by atoms with Crippen molar-refractivity contribution >= 4 is 55.3 Å². The van der Waals surface area contributed by atoms with E-state index in [9.17, 15) is 0 Å². The average Bonchev–Trinajstić information content (AvgIpc) is 3.02. The molecule has 5 nitrogen and oxygen atoms in total. The van der Waals surface area contributed by atoms with Gasteiger partial charge in [0, 0.05) is 24.2 Å². The monoisotopic (exact) mass is 495 g/mol. The molecule has 1 aromatic heterocycles. The van der Waals surface area contributed by atoms with Gasteiger partial charge in [-0.3, -0.25) is 4.57 Å². The van der Waals surface area contributed by atoms with Crippen LogP contribution in [-0.4, -0.2) is 48.8 Å². The number of aromatic nitrogens is 1. The molecule has 0 bridgehead atoms. The SMILES string of the molecule is CC(C)N(C(=S)/N=c1\ss/c(=N\C(=S)N(C(C)C)C(C)C)n1-c1ccccc1)C(C)C. The number of benzene rings is 1. The predicted octanol–water partition coefficient (Wildman–Crippen LogP) is 5.21. The highest BCUT2D eigenvalue weighted by Crippen LogP contribution is 2.11. The van der Waals surface area contributed by atoms with Gasteiger partial charge in [-0.15, -0.1) is 0 Å². The van der Waals surface area contributed by atoms with Crippen LogP contribution in [0.1, 0.15) is 55.4 Å². The van der Waals surface area contributed by atoms with E-state index in [4.69, 9.17) is 34.4 Å². The molecular formula is C22H33N5S4. The molecule has 0 N–H and O–H groups in total. The lowest BCUT2D eigenvalue weighted by Crippen LogP contribution is -2.42. The van der Waals surface area contributed by atoms with E-state index in [0.29, 0.717) is 10.2 Å². The molecule has 0 spiro atoms. The molecule has 2 aromatic rings. The maximum absolute atomic E-state index is 5.72. The van der Waals surface area contributed by atoms with Crippen LogP contribution in [0.4, 0.5) is 0 Å². The summed E-state index contributed by atoms with van der Waals surface area (Å²) in [4.78, 5) is 15.6. The van der Waals surface area contributed by atoms with Gasteiger partial charge in [0.15, 0.2) is 10.2 Å². The van der Waals surface area contributed by atoms with E-state index >= 15 is 0 Å². The molecule has 0 unspecified atom stereocenters. The van der Waals surface area contributed by atoms with Crippen molar-refractivity contribution in [2.24, 2.45) is 9.98 Å². The Morgan fingerprint density at radius 3 is 1.39 bits per heavy atom. The molecule has 0 fully saturated rings. The zero-order valence-corrected chi connectivity index (χ0v) is 22.8. The van der Waals surface area contributed by atoms with Gasteiger partial charge in [-0.1, -0.05) is 18.2 Å². The quantitative estimate of drug-likeness (QED) is 0.421. The van der Waals surface area contributed by atoms with Gasteiger partial charge in [-0.25, -0.2) is 0 Å². The van der Waals surface area contributed by atoms with Crippen molar-refractivity contribution in [3.8, 4) is 5.69 Å². The van der Waals surface area contributed by atoms with E-state index in [1.807, 2.05) is 22.8 Å². The summed E-state index contributed by atoms with van der Waals surface area (Å²) >= 11 is 11.4. The third-order valence-electron chi connectivity index (χ3n) is 4.64. The first-order chi connectivity index (χ1) is 14.5. The molecule has 1 heterocycles. The van der Waals surface area contributed by atoms with E-state index < -0.39 is 0 Å². The number of para-hydroxylation sites is 1. The minimum Gasteiger partial charge on any atom is -0.343 e. The van der Waals surface area contributed by atoms with Gasteiger partial charge in [0.2, 0.25) is 9.60 Å². The Hall–Kier alpha value is -1.42. The smallest absolute Gasteiger partial charge is 0.209 e. The minimum atomic E-state index is 0.271. The van der Waals surface area contributed by atoms with Crippen LogP contribution in [0, 0.1) is 0 Å². The molecule has 2 rings (SSSR count). The maximum Gasteiger partial charge on any atom is 0.209 e. The largest absolute Gasteiger partial charge is 0.343 e. The van der Waals surface area contributed by atoms with Crippen molar-refractivity contribution in [2.75, 3.05) is 0 Å². The van der Waals surface area contributed by atoms with Crippen LogP contribution in [0.3, 0.4) is 0 Å². The van der Waals surface area contributed by atoms with Crippen LogP contribution in [0.15, 0.2) is 40.3 Å². The summed E-state index contributed by atoms with van der Waals surface area (Å²) in [6.07, 6.45) is 0. The van der Waals surface area contributed by atoms with Gasteiger partial charge in [0.25, 0.3) is 0 Å². The number of hydrogen-bond donors (Lipinski definition) is 0. The second-order valence-electron chi connectivity index (χ2n) is 8.38. The van der Waals surface area contributed by atoms with Crippen molar-refractivity contribution in [1.82, 2.24) is 14.4 Å². The minimum absolute atomic E-state index is 0.271. The Labute approximate surface area is 204 Å². The maximum atomic E-state index is 5.72. The van der Waals surface area contributed by atoms with Crippen LogP contribution < -0.4 is 9.60 Å². The molecule has 0 aliphatic rings. The highest BCUT2D eigenvalue weighted by molar-refractivity contribution is 7.80. The zero-order valence-electron chi connectivity index (χ0n) is 19.6. The van der Waals surface area contributed by atoms with Gasteiger partial charge in [-0.2, -0.15) is 9.98 Å². The summed E-state index contributed by atoms with van der Waals surface area (Å²) in [5.74, 6) is 0. The van der Waals surface area contributed by atoms with Gasteiger partial charge < -0.3 is 9.80 Å². The first-order valence-corrected chi connectivity index (χ1v) is 13.5. The number of nitrogens with zero attached hydrogens (tertiary/aromatic N) is 5. The Kier molecular flexibility index (Phi) is 9.54. The summed E-state index contributed by atoms with van der Waals surface area (Å²) in [5.41, 5.74) is 0.990. The lowest BCUT2D eigenvalue weighted by molar-refractivity contribution is 0.294. The average molecular weight is 496 g/mol. The van der Waals surface area contributed by atoms with Crippen LogP contribution >= 0.6 is 45.1 Å². The second kappa shape index (κ2) is 11.4. The Bertz CT molecular complexity index is 935. The number of rotatable bonds is 5. The van der Waals surface area contributed by atoms with Crippen LogP contribution in [0.2, 0.25) is 0 Å². The topological polar surface area (TPSA) is 36.1 Å². The van der Waals surface area contributed by atoms with Crippen molar-refractivity contribution in [3.05, 3.63) is 39.9 Å². The lowest BCUT2D eigenvalue weighted by atomic mass is 10.2. The third kappa shape index (κ3) is 6.54. The lowest BCUT2D eigenvalue weighted by Gasteiger charge is -2.31. The summed E-state index contributed by atoms with van der Waals surface area (Å²) < 4.78 is 2.05. The molecule has 170 valence electrons. The molecule has 9 heteroatoms. The van der Waals surface area contributed by atoms with Gasteiger partial charge in [-0.05, 0) is 113 Å². The molecule has 1 aromatic carbocycles. The normalized spacial score (nSPS) is 13.0. The Morgan fingerprint density at radius 1 is 0.710 bits per heavy atom. The summed E-state index contributed by atoms with van der Waals surface area (Å²) in [6, 6.07) is 11.2. The van der Waals surface area contributed by atoms with Crippen molar-refractivity contribution in [2.45, 2.75) is 79.6 Å². The highest BCUT2D eigenvalue weighted by Gasteiger charge is 2.19. The molecule has 0 radical (unpaired) electrons. The predicted molar refractivity (Wildman–Crippen MR) is 142 cm³/mol. The zero-order chi connectivity index (χ0) is 23.3. The van der Waals surface area contributed by atoms with Crippen molar-refractivity contribution < 1.29 is 0 Å². The molecule has 0 atom stereocenters. The van der Waals surface area contributed by atoms with Crippen LogP contribution in [0.5, 0.6) is 0 Å². The van der Waals surface area contributed by atoms with Gasteiger partial charge in [0.1, 0.15) is 0 Å². The van der Waals surface area contributed by atoms with Gasteiger partial charge in [0.05, 0.1) is 5.69 Å². The third-order valence-corrected chi connectivity index (χ3v) is 7.32. The molecule has 0 saturated carbocycles. The standard InChI is InChI=1S/C22H33N5S4/c1-14(2)25(15(3)4)19(28)23-21-27(18-12-10-9-11-13-18)22(31-30-21)24-20(29)26(16(5)6)17(7)8/h9-17H,1-8H3/b23-21-,24-22-. The molecular weight excluding hydrogens is 463 g/mol. The fourth-order valence-electron chi connectivity index (χ4n) is 3.52. The fourth-order valence-corrected chi connectivity index (χ4v) is 6.76. The van der Waals surface area contributed by atoms with Crippen molar-refractivity contribution in [1.29, 1.82) is 0 Å². The van der Waals surface area contributed by atoms with E-state index in [0.717, 1.165) is 15.3 Å². The fraction of sp³-hybridized carbons (Fsp3) is 0.545. The molecule has 0 saturated heterocycles. The summed E-state index contributed by atoms with van der Waals surface area (Å²) in [5, 5.41) is 1.17. The van der Waals surface area contributed by atoms with E-state index in [2.05, 4.69) is 77.3 Å². The Balaban J connectivity index is 2.67. The van der Waals surface area contributed by atoms with Gasteiger partial charge >= 0.3 is 0 Å². The van der Waals surface area contributed by atoms with Crippen molar-refractivity contribution in [3.63, 3.8) is 0 Å². The molecule has 31 heavy (non-hydrogen) atoms. The van der Waals surface area contributed by atoms with Crippen LogP contribution in [-0.2, 0) is 0 Å². The first-order valence-electron chi connectivity index (χ1n) is 10.6. The van der Waals surface area contributed by atoms with E-state index in [-0.39, 0.29) is 24.2 Å². The molecule has 0 amide bonds. The van der Waals surface area contributed by atoms with E-state index in [1.165, 1.54) is 0 Å². The van der Waals surface area contributed by atoms with Crippen LogP contribution in [0.25, 0.3) is 5.69 Å². The second-order valence-corrected chi connectivity index (χ2v) is 11.2. The summed E-state index contributed by atoms with van der Waals surface area (Å²) in [7, 11) is 3.13. The first kappa shape index (κ1) is 25.8. The Morgan fingerprint density at radius 2 is 1.06 bits per heavy atom. The molecule has 0 aliphatic heterocycles. The van der Waals surface area contributed by atoms with E-state index in [1.54, 1.807) is 20.7 Å².